The van der Waals surface area contributed by atoms with E-state index < -0.39 is 0 Å². The van der Waals surface area contributed by atoms with Crippen LogP contribution in [0.3, 0.4) is 0 Å². The molecule has 0 aliphatic carbocycles. The lowest BCUT2D eigenvalue weighted by Crippen LogP contribution is -2.33. The van der Waals surface area contributed by atoms with Crippen LogP contribution in [0.2, 0.25) is 0 Å². The van der Waals surface area contributed by atoms with E-state index in [9.17, 15) is 0 Å². The van der Waals surface area contributed by atoms with Gasteiger partial charge in [0.05, 0.1) is 0 Å². The minimum Gasteiger partial charge on any atom is -0.370 e. The summed E-state index contributed by atoms with van der Waals surface area (Å²) in [6.45, 7) is 7.32. The van der Waals surface area contributed by atoms with Crippen LogP contribution >= 0.6 is 0 Å². The van der Waals surface area contributed by atoms with Crippen molar-refractivity contribution in [2.45, 2.75) is 39.2 Å². The summed E-state index contributed by atoms with van der Waals surface area (Å²) in [5.41, 5.74) is 3.97. The van der Waals surface area contributed by atoms with Crippen LogP contribution in [0.4, 0.5) is 11.8 Å². The van der Waals surface area contributed by atoms with Gasteiger partial charge in [0.25, 0.3) is 0 Å². The normalized spacial score (nSPS) is 17.8. The number of aryl methyl sites for hydroxylation is 1. The number of nitrogens with zero attached hydrogens (tertiary/aromatic N) is 3. The molecule has 2 aromatic rings. The van der Waals surface area contributed by atoms with Crippen LogP contribution < -0.4 is 15.5 Å². The highest BCUT2D eigenvalue weighted by Crippen LogP contribution is 2.24. The third kappa shape index (κ3) is 3.98. The van der Waals surface area contributed by atoms with Crippen molar-refractivity contribution >= 4 is 11.8 Å². The van der Waals surface area contributed by atoms with Gasteiger partial charge in [-0.05, 0) is 55.8 Å². The number of nitrogens with one attached hydrogen (secondary N) is 2. The first-order valence-corrected chi connectivity index (χ1v) is 9.96. The second kappa shape index (κ2) is 8.04. The van der Waals surface area contributed by atoms with Crippen LogP contribution in [0, 0.1) is 5.92 Å². The maximum atomic E-state index is 4.85. The van der Waals surface area contributed by atoms with E-state index in [1.165, 1.54) is 24.0 Å². The van der Waals surface area contributed by atoms with E-state index in [1.807, 2.05) is 0 Å². The van der Waals surface area contributed by atoms with Crippen molar-refractivity contribution < 1.29 is 0 Å². The predicted octanol–water partition coefficient (Wildman–Crippen LogP) is 3.01. The Hall–Kier alpha value is -2.14. The molecule has 1 aromatic carbocycles. The molecule has 2 aliphatic heterocycles. The van der Waals surface area contributed by atoms with Crippen LogP contribution in [0.25, 0.3) is 0 Å². The quantitative estimate of drug-likeness (QED) is 0.867. The Balaban J connectivity index is 1.49. The summed E-state index contributed by atoms with van der Waals surface area (Å²) in [5.74, 6) is 2.58. The number of piperidine rings is 1. The van der Waals surface area contributed by atoms with Crippen molar-refractivity contribution in [3.05, 3.63) is 47.2 Å². The number of fused-ring (bicyclic) bond motifs is 1. The molecule has 0 amide bonds. The number of benzene rings is 1. The highest BCUT2D eigenvalue weighted by Gasteiger charge is 2.19. The third-order valence-electron chi connectivity index (χ3n) is 5.57. The Morgan fingerprint density at radius 3 is 2.77 bits per heavy atom. The summed E-state index contributed by atoms with van der Waals surface area (Å²) in [7, 11) is 0. The molecule has 5 heteroatoms. The largest absolute Gasteiger partial charge is 0.370 e. The van der Waals surface area contributed by atoms with Gasteiger partial charge in [-0.3, -0.25) is 0 Å². The molecule has 0 spiro atoms. The molecule has 138 valence electrons. The smallest absolute Gasteiger partial charge is 0.227 e. The third-order valence-corrected chi connectivity index (χ3v) is 5.57. The lowest BCUT2D eigenvalue weighted by Gasteiger charge is -2.29. The average molecular weight is 351 g/mol. The first-order chi connectivity index (χ1) is 12.8. The molecule has 2 aliphatic rings. The number of hydrogen-bond acceptors (Lipinski definition) is 5. The molecule has 1 saturated heterocycles. The molecule has 0 unspecified atom stereocenters. The van der Waals surface area contributed by atoms with E-state index in [0.717, 1.165) is 68.9 Å². The standard InChI is InChI=1S/C21H29N5/c1-2-19-13-20(23-14-16-7-10-22-11-8-16)25-21(24-19)26-12-9-17-5-3-4-6-18(17)15-26/h3-6,13,16,22H,2,7-12,14-15H2,1H3,(H,23,24,25). The van der Waals surface area contributed by atoms with Crippen molar-refractivity contribution in [1.29, 1.82) is 0 Å². The molecule has 0 atom stereocenters. The van der Waals surface area contributed by atoms with Crippen molar-refractivity contribution in [1.82, 2.24) is 15.3 Å². The lowest BCUT2D eigenvalue weighted by molar-refractivity contribution is 0.389. The van der Waals surface area contributed by atoms with Gasteiger partial charge < -0.3 is 15.5 Å². The Kier molecular flexibility index (Phi) is 5.34. The number of anilines is 2. The molecule has 1 aromatic heterocycles. The zero-order chi connectivity index (χ0) is 17.8. The molecule has 3 heterocycles. The van der Waals surface area contributed by atoms with Gasteiger partial charge in [-0.2, -0.15) is 4.98 Å². The van der Waals surface area contributed by atoms with E-state index >= 15 is 0 Å². The first kappa shape index (κ1) is 17.3. The lowest BCUT2D eigenvalue weighted by atomic mass is 9.98. The molecule has 1 fully saturated rings. The van der Waals surface area contributed by atoms with Gasteiger partial charge in [-0.15, -0.1) is 0 Å². The van der Waals surface area contributed by atoms with E-state index in [4.69, 9.17) is 9.97 Å². The van der Waals surface area contributed by atoms with Gasteiger partial charge in [0.1, 0.15) is 5.82 Å². The maximum absolute atomic E-state index is 4.85. The molecular formula is C21H29N5. The zero-order valence-electron chi connectivity index (χ0n) is 15.7. The zero-order valence-corrected chi connectivity index (χ0v) is 15.7. The van der Waals surface area contributed by atoms with Crippen LogP contribution in [-0.4, -0.2) is 36.1 Å². The molecular weight excluding hydrogens is 322 g/mol. The predicted molar refractivity (Wildman–Crippen MR) is 107 cm³/mol. The minimum atomic E-state index is 0.738. The van der Waals surface area contributed by atoms with Crippen molar-refractivity contribution in [2.75, 3.05) is 36.4 Å². The minimum absolute atomic E-state index is 0.738. The monoisotopic (exact) mass is 351 g/mol. The summed E-state index contributed by atoms with van der Waals surface area (Å²) < 4.78 is 0. The maximum Gasteiger partial charge on any atom is 0.227 e. The van der Waals surface area contributed by atoms with Crippen LogP contribution in [0.5, 0.6) is 0 Å². The van der Waals surface area contributed by atoms with E-state index in [2.05, 4.69) is 52.8 Å². The number of aromatic nitrogens is 2. The highest BCUT2D eigenvalue weighted by atomic mass is 15.3. The average Bonchev–Trinajstić information content (AvgIpc) is 2.72. The second-order valence-corrected chi connectivity index (χ2v) is 7.41. The van der Waals surface area contributed by atoms with Gasteiger partial charge in [0.15, 0.2) is 0 Å². The number of rotatable bonds is 5. The molecule has 0 bridgehead atoms. The Bertz CT molecular complexity index is 739. The van der Waals surface area contributed by atoms with Crippen molar-refractivity contribution in [3.8, 4) is 0 Å². The highest BCUT2D eigenvalue weighted by molar-refractivity contribution is 5.46. The van der Waals surface area contributed by atoms with Crippen LogP contribution in [0.1, 0.15) is 36.6 Å². The second-order valence-electron chi connectivity index (χ2n) is 7.41. The first-order valence-electron chi connectivity index (χ1n) is 9.96. The van der Waals surface area contributed by atoms with Gasteiger partial charge in [0, 0.05) is 31.4 Å². The van der Waals surface area contributed by atoms with Gasteiger partial charge in [-0.25, -0.2) is 4.98 Å². The summed E-state index contributed by atoms with van der Waals surface area (Å²) in [5, 5.41) is 7.01. The molecule has 0 radical (unpaired) electrons. The van der Waals surface area contributed by atoms with E-state index in [1.54, 1.807) is 0 Å². The summed E-state index contributed by atoms with van der Waals surface area (Å²) in [4.78, 5) is 12.0. The number of hydrogen-bond donors (Lipinski definition) is 2. The SMILES string of the molecule is CCc1cc(NCC2CCNCC2)nc(N2CCc3ccccc3C2)n1. The molecule has 0 saturated carbocycles. The summed E-state index contributed by atoms with van der Waals surface area (Å²) in [6, 6.07) is 10.8. The summed E-state index contributed by atoms with van der Waals surface area (Å²) in [6.07, 6.45) is 4.48. The Morgan fingerprint density at radius 2 is 1.96 bits per heavy atom. The topological polar surface area (TPSA) is 53.1 Å². The molecule has 26 heavy (non-hydrogen) atoms. The van der Waals surface area contributed by atoms with Gasteiger partial charge >= 0.3 is 0 Å². The fourth-order valence-corrected chi connectivity index (χ4v) is 3.90. The molecule has 4 rings (SSSR count). The molecule has 2 N–H and O–H groups in total. The van der Waals surface area contributed by atoms with Gasteiger partial charge in [-0.1, -0.05) is 31.2 Å². The van der Waals surface area contributed by atoms with Crippen LogP contribution in [-0.2, 0) is 19.4 Å². The summed E-state index contributed by atoms with van der Waals surface area (Å²) >= 11 is 0. The van der Waals surface area contributed by atoms with E-state index in [0.29, 0.717) is 0 Å². The Morgan fingerprint density at radius 1 is 1.15 bits per heavy atom. The van der Waals surface area contributed by atoms with Crippen molar-refractivity contribution in [3.63, 3.8) is 0 Å². The Labute approximate surface area is 156 Å². The van der Waals surface area contributed by atoms with Crippen molar-refractivity contribution in [2.24, 2.45) is 5.92 Å². The molecule has 5 nitrogen and oxygen atoms in total. The fourth-order valence-electron chi connectivity index (χ4n) is 3.90. The fraction of sp³-hybridized carbons (Fsp3) is 0.524. The van der Waals surface area contributed by atoms with E-state index in [-0.39, 0.29) is 0 Å². The van der Waals surface area contributed by atoms with Gasteiger partial charge in [0.2, 0.25) is 5.95 Å². The van der Waals surface area contributed by atoms with Crippen LogP contribution in [0.15, 0.2) is 30.3 Å².